The van der Waals surface area contributed by atoms with E-state index in [1.165, 1.54) is 0 Å². The molecule has 2 aromatic rings. The molecule has 0 aliphatic carbocycles. The summed E-state index contributed by atoms with van der Waals surface area (Å²) in [4.78, 5) is 24.6. The summed E-state index contributed by atoms with van der Waals surface area (Å²) < 4.78 is 5.61. The van der Waals surface area contributed by atoms with E-state index in [-0.39, 0.29) is 5.91 Å². The average molecular weight is 423 g/mol. The van der Waals surface area contributed by atoms with E-state index < -0.39 is 0 Å². The summed E-state index contributed by atoms with van der Waals surface area (Å²) >= 11 is 0. The summed E-state index contributed by atoms with van der Waals surface area (Å²) in [5.74, 6) is 2.56. The fourth-order valence-electron chi connectivity index (χ4n) is 4.61. The predicted octanol–water partition coefficient (Wildman–Crippen LogP) is 1.83. The van der Waals surface area contributed by atoms with E-state index in [1.807, 2.05) is 29.2 Å². The molecule has 0 bridgehead atoms. The molecule has 1 amide bonds. The molecule has 1 aromatic heterocycles. The molecule has 5 rings (SSSR count). The lowest BCUT2D eigenvalue weighted by Crippen LogP contribution is -2.40. The first-order valence-corrected chi connectivity index (χ1v) is 11.3. The number of carbonyl (C=O) groups is 1. The van der Waals surface area contributed by atoms with Crippen LogP contribution in [-0.4, -0.2) is 61.2 Å². The highest BCUT2D eigenvalue weighted by Gasteiger charge is 2.26. The molecule has 0 unspecified atom stereocenters. The molecule has 8 nitrogen and oxygen atoms in total. The molecule has 3 N–H and O–H groups in total. The third-order valence-corrected chi connectivity index (χ3v) is 6.39. The van der Waals surface area contributed by atoms with Crippen molar-refractivity contribution >= 4 is 17.7 Å². The highest BCUT2D eigenvalue weighted by Crippen LogP contribution is 2.28. The maximum atomic E-state index is 13.7. The van der Waals surface area contributed by atoms with Crippen molar-refractivity contribution in [3.63, 3.8) is 0 Å². The van der Waals surface area contributed by atoms with Gasteiger partial charge in [0.1, 0.15) is 11.6 Å². The Balaban J connectivity index is 1.41. The normalized spacial score (nSPS) is 20.8. The van der Waals surface area contributed by atoms with Crippen LogP contribution in [0.5, 0.6) is 5.75 Å². The van der Waals surface area contributed by atoms with Gasteiger partial charge in [0.05, 0.1) is 6.61 Å². The van der Waals surface area contributed by atoms with Gasteiger partial charge in [0.25, 0.3) is 5.91 Å². The zero-order valence-electron chi connectivity index (χ0n) is 17.8. The van der Waals surface area contributed by atoms with Gasteiger partial charge in [-0.15, -0.1) is 0 Å². The first-order valence-electron chi connectivity index (χ1n) is 11.3. The number of carbonyl (C=O) groups excluding carboxylic acids is 1. The molecule has 2 saturated heterocycles. The van der Waals surface area contributed by atoms with Crippen molar-refractivity contribution in [2.24, 2.45) is 5.92 Å². The van der Waals surface area contributed by atoms with Gasteiger partial charge >= 0.3 is 0 Å². The van der Waals surface area contributed by atoms with Gasteiger partial charge in [-0.25, -0.2) is 4.98 Å². The minimum absolute atomic E-state index is 0.0135. The van der Waals surface area contributed by atoms with Crippen molar-refractivity contribution in [3.8, 4) is 5.75 Å². The summed E-state index contributed by atoms with van der Waals surface area (Å²) in [6.07, 6.45) is 5.76. The van der Waals surface area contributed by atoms with E-state index in [1.54, 1.807) is 6.20 Å². The van der Waals surface area contributed by atoms with Crippen LogP contribution >= 0.6 is 0 Å². The molecule has 1 aromatic carbocycles. The first-order chi connectivity index (χ1) is 15.3. The van der Waals surface area contributed by atoms with E-state index in [4.69, 9.17) is 9.72 Å². The van der Waals surface area contributed by atoms with Crippen molar-refractivity contribution < 1.29 is 9.53 Å². The van der Waals surface area contributed by atoms with Gasteiger partial charge in [0, 0.05) is 37.3 Å². The number of aromatic nitrogens is 2. The maximum absolute atomic E-state index is 13.7. The molecular formula is C23H30N6O2. The summed E-state index contributed by atoms with van der Waals surface area (Å²) in [6, 6.07) is 7.92. The number of amides is 1. The molecule has 1 atom stereocenters. The van der Waals surface area contributed by atoms with Crippen LogP contribution in [-0.2, 0) is 6.42 Å². The number of ether oxygens (including phenoxy) is 1. The number of piperidine rings is 1. The Hall–Kier alpha value is -2.71. The van der Waals surface area contributed by atoms with Gasteiger partial charge in [0.2, 0.25) is 5.95 Å². The molecule has 0 radical (unpaired) electrons. The van der Waals surface area contributed by atoms with E-state index in [2.05, 4.69) is 20.9 Å². The summed E-state index contributed by atoms with van der Waals surface area (Å²) in [7, 11) is 0. The summed E-state index contributed by atoms with van der Waals surface area (Å²) in [5.41, 5.74) is 1.79. The quantitative estimate of drug-likeness (QED) is 0.654. The Morgan fingerprint density at radius 2 is 2.03 bits per heavy atom. The average Bonchev–Trinajstić information content (AvgIpc) is 3.49. The largest absolute Gasteiger partial charge is 0.493 e. The number of hydrogen-bond acceptors (Lipinski definition) is 7. The van der Waals surface area contributed by atoms with Crippen molar-refractivity contribution in [1.82, 2.24) is 20.6 Å². The maximum Gasteiger partial charge on any atom is 0.259 e. The number of nitrogens with zero attached hydrogens (tertiary/aromatic N) is 3. The molecule has 0 spiro atoms. The summed E-state index contributed by atoms with van der Waals surface area (Å²) in [5, 5.41) is 10.2. The molecule has 4 heterocycles. The van der Waals surface area contributed by atoms with Crippen LogP contribution in [0.1, 0.15) is 35.2 Å². The first kappa shape index (κ1) is 20.2. The molecule has 3 aliphatic rings. The Bertz CT molecular complexity index is 924. The van der Waals surface area contributed by atoms with Crippen molar-refractivity contribution in [1.29, 1.82) is 0 Å². The number of fused-ring (bicyclic) bond motifs is 1. The second-order valence-electron chi connectivity index (χ2n) is 8.60. The number of benzene rings is 1. The third-order valence-electron chi connectivity index (χ3n) is 6.39. The van der Waals surface area contributed by atoms with Gasteiger partial charge < -0.3 is 20.7 Å². The van der Waals surface area contributed by atoms with Gasteiger partial charge in [-0.05, 0) is 74.6 Å². The standard InChI is InChI=1S/C23H30N6O2/c30-22(18-1-2-20-17(13-18)7-12-31-20)29(15-16-3-8-24-9-4-16)21-6-11-26-23(28-21)27-19-5-10-25-14-19/h1-2,6,11,13,16,19,24-25H,3-5,7-10,12,14-15H2,(H,26,27,28)/t19-/m1/s1. The van der Waals surface area contributed by atoms with Crippen molar-refractivity contribution in [2.45, 2.75) is 31.7 Å². The lowest BCUT2D eigenvalue weighted by molar-refractivity contribution is 0.0980. The van der Waals surface area contributed by atoms with Crippen LogP contribution < -0.4 is 25.6 Å². The Labute approximate surface area is 182 Å². The van der Waals surface area contributed by atoms with Crippen LogP contribution in [0, 0.1) is 5.92 Å². The SMILES string of the molecule is O=C(c1ccc2c(c1)CCO2)N(CC1CCNCC1)c1ccnc(N[C@@H]2CCNC2)n1. The Morgan fingerprint density at radius 3 is 2.87 bits per heavy atom. The van der Waals surface area contributed by atoms with Crippen LogP contribution in [0.15, 0.2) is 30.5 Å². The van der Waals surface area contributed by atoms with Crippen LogP contribution in [0.2, 0.25) is 0 Å². The molecule has 164 valence electrons. The zero-order valence-corrected chi connectivity index (χ0v) is 17.8. The lowest BCUT2D eigenvalue weighted by atomic mass is 9.97. The highest BCUT2D eigenvalue weighted by molar-refractivity contribution is 6.05. The molecule has 3 aliphatic heterocycles. The zero-order chi connectivity index (χ0) is 21.0. The van der Waals surface area contributed by atoms with Crippen LogP contribution in [0.3, 0.4) is 0 Å². The monoisotopic (exact) mass is 422 g/mol. The Morgan fingerprint density at radius 1 is 1.16 bits per heavy atom. The van der Waals surface area contributed by atoms with Gasteiger partial charge in [0.15, 0.2) is 0 Å². The van der Waals surface area contributed by atoms with Gasteiger partial charge in [-0.3, -0.25) is 9.69 Å². The van der Waals surface area contributed by atoms with E-state index >= 15 is 0 Å². The molecular weight excluding hydrogens is 392 g/mol. The van der Waals surface area contributed by atoms with E-state index in [0.29, 0.717) is 42.4 Å². The molecule has 31 heavy (non-hydrogen) atoms. The van der Waals surface area contributed by atoms with E-state index in [9.17, 15) is 4.79 Å². The summed E-state index contributed by atoms with van der Waals surface area (Å²) in [6.45, 7) is 5.24. The number of nitrogens with one attached hydrogen (secondary N) is 3. The predicted molar refractivity (Wildman–Crippen MR) is 120 cm³/mol. The second kappa shape index (κ2) is 9.20. The van der Waals surface area contributed by atoms with Gasteiger partial charge in [-0.2, -0.15) is 4.98 Å². The number of anilines is 2. The molecule has 0 saturated carbocycles. The van der Waals surface area contributed by atoms with Crippen molar-refractivity contribution in [2.75, 3.05) is 49.5 Å². The number of rotatable bonds is 6. The third kappa shape index (κ3) is 4.65. The smallest absolute Gasteiger partial charge is 0.259 e. The fourth-order valence-corrected chi connectivity index (χ4v) is 4.61. The Kier molecular flexibility index (Phi) is 5.99. The second-order valence-corrected chi connectivity index (χ2v) is 8.60. The number of hydrogen-bond donors (Lipinski definition) is 3. The molecule has 8 heteroatoms. The lowest BCUT2D eigenvalue weighted by Gasteiger charge is -2.30. The minimum atomic E-state index is -0.0135. The van der Waals surface area contributed by atoms with Crippen LogP contribution in [0.4, 0.5) is 11.8 Å². The van der Waals surface area contributed by atoms with Crippen molar-refractivity contribution in [3.05, 3.63) is 41.6 Å². The minimum Gasteiger partial charge on any atom is -0.493 e. The van der Waals surface area contributed by atoms with Gasteiger partial charge in [-0.1, -0.05) is 0 Å². The van der Waals surface area contributed by atoms with Crippen LogP contribution in [0.25, 0.3) is 0 Å². The fraction of sp³-hybridized carbons (Fsp3) is 0.522. The topological polar surface area (TPSA) is 91.4 Å². The highest BCUT2D eigenvalue weighted by atomic mass is 16.5. The van der Waals surface area contributed by atoms with E-state index in [0.717, 1.165) is 63.2 Å². The molecule has 2 fully saturated rings.